The molecule has 2 rings (SSSR count). The molecule has 90 valence electrons. The molecule has 0 aliphatic heterocycles. The second-order valence-corrected chi connectivity index (χ2v) is 4.69. The molecule has 0 aliphatic rings. The van der Waals surface area contributed by atoms with Crippen molar-refractivity contribution in [2.75, 3.05) is 0 Å². The van der Waals surface area contributed by atoms with Gasteiger partial charge in [0.2, 0.25) is 0 Å². The Bertz CT molecular complexity index is 602. The summed E-state index contributed by atoms with van der Waals surface area (Å²) in [6.07, 6.45) is 5.49. The molecule has 0 radical (unpaired) electrons. The van der Waals surface area contributed by atoms with Crippen molar-refractivity contribution in [3.05, 3.63) is 69.7 Å². The van der Waals surface area contributed by atoms with Crippen LogP contribution in [0.5, 0.6) is 0 Å². The van der Waals surface area contributed by atoms with Gasteiger partial charge in [-0.25, -0.2) is 0 Å². The highest BCUT2D eigenvalue weighted by Crippen LogP contribution is 2.35. The Labute approximate surface area is 116 Å². The van der Waals surface area contributed by atoms with Gasteiger partial charge < -0.3 is 5.11 Å². The molecule has 0 bridgehead atoms. The molecular formula is C15H10Cl2O. The van der Waals surface area contributed by atoms with E-state index in [0.29, 0.717) is 21.2 Å². The van der Waals surface area contributed by atoms with E-state index in [9.17, 15) is 5.11 Å². The number of rotatable bonds is 2. The molecule has 0 saturated heterocycles. The van der Waals surface area contributed by atoms with Crippen LogP contribution in [0.4, 0.5) is 0 Å². The van der Waals surface area contributed by atoms with Crippen molar-refractivity contribution in [3.8, 4) is 12.3 Å². The van der Waals surface area contributed by atoms with Crippen LogP contribution in [-0.4, -0.2) is 5.11 Å². The van der Waals surface area contributed by atoms with Gasteiger partial charge in [-0.1, -0.05) is 65.5 Å². The van der Waals surface area contributed by atoms with E-state index in [4.69, 9.17) is 29.6 Å². The molecule has 0 amide bonds. The van der Waals surface area contributed by atoms with Crippen molar-refractivity contribution in [1.82, 2.24) is 0 Å². The Kier molecular flexibility index (Phi) is 3.63. The molecule has 0 saturated carbocycles. The third-order valence-corrected chi connectivity index (χ3v) is 3.27. The summed E-state index contributed by atoms with van der Waals surface area (Å²) in [6.45, 7) is 0. The van der Waals surface area contributed by atoms with Gasteiger partial charge in [0.05, 0.1) is 0 Å². The zero-order chi connectivity index (χ0) is 13.2. The van der Waals surface area contributed by atoms with Crippen molar-refractivity contribution in [3.63, 3.8) is 0 Å². The van der Waals surface area contributed by atoms with Crippen LogP contribution in [0.3, 0.4) is 0 Å². The second-order valence-electron chi connectivity index (χ2n) is 3.84. The molecule has 0 spiro atoms. The van der Waals surface area contributed by atoms with Gasteiger partial charge in [-0.3, -0.25) is 0 Å². The maximum absolute atomic E-state index is 10.7. The third kappa shape index (κ3) is 2.23. The fraction of sp³-hybridized carbons (Fsp3) is 0.0667. The number of halogens is 2. The molecule has 1 N–H and O–H groups in total. The number of benzene rings is 2. The summed E-state index contributed by atoms with van der Waals surface area (Å²) in [7, 11) is 0. The predicted molar refractivity (Wildman–Crippen MR) is 74.7 cm³/mol. The Morgan fingerprint density at radius 2 is 1.72 bits per heavy atom. The van der Waals surface area contributed by atoms with Gasteiger partial charge in [-0.2, -0.15) is 0 Å². The molecular weight excluding hydrogens is 267 g/mol. The van der Waals surface area contributed by atoms with Crippen LogP contribution >= 0.6 is 23.2 Å². The van der Waals surface area contributed by atoms with Crippen LogP contribution in [0.15, 0.2) is 48.5 Å². The smallest absolute Gasteiger partial charge is 0.178 e. The maximum Gasteiger partial charge on any atom is 0.178 e. The standard InChI is InChI=1S/C15H10Cl2O/c1-2-15(18,11-6-4-3-5-7-11)13-9-8-12(16)10-14(13)17/h1,3-10,18H. The Balaban J connectivity index is 2.62. The van der Waals surface area contributed by atoms with Crippen LogP contribution in [-0.2, 0) is 5.60 Å². The molecule has 0 fully saturated rings. The van der Waals surface area contributed by atoms with E-state index in [0.717, 1.165) is 0 Å². The molecule has 1 atom stereocenters. The van der Waals surface area contributed by atoms with Crippen LogP contribution in [0, 0.1) is 12.3 Å². The number of terminal acetylenes is 1. The van der Waals surface area contributed by atoms with Crippen molar-refractivity contribution in [1.29, 1.82) is 0 Å². The highest BCUT2D eigenvalue weighted by atomic mass is 35.5. The lowest BCUT2D eigenvalue weighted by Gasteiger charge is -2.24. The number of hydrogen-bond donors (Lipinski definition) is 1. The van der Waals surface area contributed by atoms with E-state index in [2.05, 4.69) is 5.92 Å². The van der Waals surface area contributed by atoms with Crippen molar-refractivity contribution < 1.29 is 5.11 Å². The second kappa shape index (κ2) is 5.04. The van der Waals surface area contributed by atoms with Crippen LogP contribution in [0.2, 0.25) is 10.0 Å². The SMILES string of the molecule is C#CC(O)(c1ccccc1)c1ccc(Cl)cc1Cl. The fourth-order valence-electron chi connectivity index (χ4n) is 1.78. The summed E-state index contributed by atoms with van der Waals surface area (Å²) >= 11 is 11.9. The first-order valence-corrected chi connectivity index (χ1v) is 6.04. The first kappa shape index (κ1) is 13.0. The molecule has 2 aromatic carbocycles. The van der Waals surface area contributed by atoms with Gasteiger partial charge >= 0.3 is 0 Å². The average molecular weight is 277 g/mol. The van der Waals surface area contributed by atoms with E-state index in [1.807, 2.05) is 18.2 Å². The lowest BCUT2D eigenvalue weighted by Crippen LogP contribution is -2.25. The van der Waals surface area contributed by atoms with E-state index >= 15 is 0 Å². The zero-order valence-corrected chi connectivity index (χ0v) is 10.9. The largest absolute Gasteiger partial charge is 0.369 e. The Hall–Kier alpha value is -1.46. The van der Waals surface area contributed by atoms with E-state index in [1.54, 1.807) is 30.3 Å². The van der Waals surface area contributed by atoms with Crippen LogP contribution in [0.1, 0.15) is 11.1 Å². The Morgan fingerprint density at radius 3 is 2.28 bits per heavy atom. The number of hydrogen-bond acceptors (Lipinski definition) is 1. The van der Waals surface area contributed by atoms with Gasteiger partial charge in [0.1, 0.15) is 0 Å². The topological polar surface area (TPSA) is 20.2 Å². The molecule has 18 heavy (non-hydrogen) atoms. The highest BCUT2D eigenvalue weighted by Gasteiger charge is 2.31. The number of aliphatic hydroxyl groups is 1. The summed E-state index contributed by atoms with van der Waals surface area (Å²) in [5.41, 5.74) is -0.512. The normalized spacial score (nSPS) is 13.7. The third-order valence-electron chi connectivity index (χ3n) is 2.72. The molecule has 0 heterocycles. The molecule has 3 heteroatoms. The Morgan fingerprint density at radius 1 is 1.06 bits per heavy atom. The highest BCUT2D eigenvalue weighted by molar-refractivity contribution is 6.35. The lowest BCUT2D eigenvalue weighted by molar-refractivity contribution is 0.145. The quantitative estimate of drug-likeness (QED) is 0.826. The summed E-state index contributed by atoms with van der Waals surface area (Å²) in [5.74, 6) is 2.40. The van der Waals surface area contributed by atoms with E-state index < -0.39 is 5.60 Å². The molecule has 0 aliphatic carbocycles. The minimum Gasteiger partial charge on any atom is -0.369 e. The lowest BCUT2D eigenvalue weighted by atomic mass is 9.87. The molecule has 1 unspecified atom stereocenters. The first-order chi connectivity index (χ1) is 8.58. The predicted octanol–water partition coefficient (Wildman–Crippen LogP) is 3.86. The minimum absolute atomic E-state index is 0.340. The fourth-order valence-corrected chi connectivity index (χ4v) is 2.32. The van der Waals surface area contributed by atoms with Gasteiger partial charge in [0.25, 0.3) is 0 Å². The zero-order valence-electron chi connectivity index (χ0n) is 9.40. The van der Waals surface area contributed by atoms with Crippen LogP contribution < -0.4 is 0 Å². The molecule has 1 nitrogen and oxygen atoms in total. The molecule has 0 aromatic heterocycles. The van der Waals surface area contributed by atoms with Gasteiger partial charge in [-0.05, 0) is 12.1 Å². The summed E-state index contributed by atoms with van der Waals surface area (Å²) in [4.78, 5) is 0. The monoisotopic (exact) mass is 276 g/mol. The van der Waals surface area contributed by atoms with E-state index in [-0.39, 0.29) is 0 Å². The maximum atomic E-state index is 10.7. The van der Waals surface area contributed by atoms with Crippen molar-refractivity contribution in [2.24, 2.45) is 0 Å². The van der Waals surface area contributed by atoms with Crippen molar-refractivity contribution in [2.45, 2.75) is 5.60 Å². The van der Waals surface area contributed by atoms with Gasteiger partial charge in [0, 0.05) is 21.2 Å². The summed E-state index contributed by atoms with van der Waals surface area (Å²) < 4.78 is 0. The van der Waals surface area contributed by atoms with Crippen molar-refractivity contribution >= 4 is 23.2 Å². The van der Waals surface area contributed by atoms with Crippen LogP contribution in [0.25, 0.3) is 0 Å². The average Bonchev–Trinajstić information content (AvgIpc) is 2.39. The minimum atomic E-state index is -1.55. The van der Waals surface area contributed by atoms with Gasteiger partial charge in [-0.15, -0.1) is 6.42 Å². The first-order valence-electron chi connectivity index (χ1n) is 5.29. The summed E-state index contributed by atoms with van der Waals surface area (Å²) in [5, 5.41) is 11.5. The van der Waals surface area contributed by atoms with E-state index in [1.165, 1.54) is 0 Å². The summed E-state index contributed by atoms with van der Waals surface area (Å²) in [6, 6.07) is 13.8. The molecule has 2 aromatic rings. The van der Waals surface area contributed by atoms with Gasteiger partial charge in [0.15, 0.2) is 5.60 Å².